The zero-order chi connectivity index (χ0) is 15.9. The van der Waals surface area contributed by atoms with E-state index in [4.69, 9.17) is 13.8 Å². The van der Waals surface area contributed by atoms with E-state index in [1.807, 2.05) is 0 Å². The van der Waals surface area contributed by atoms with Gasteiger partial charge in [-0.3, -0.25) is 14.2 Å². The van der Waals surface area contributed by atoms with Gasteiger partial charge in [-0.1, -0.05) is 0 Å². The molecule has 116 valence electrons. The molecule has 0 amide bonds. The average Bonchev–Trinajstić information content (AvgIpc) is 2.39. The van der Waals surface area contributed by atoms with Gasteiger partial charge in [0.25, 0.3) is 0 Å². The summed E-state index contributed by atoms with van der Waals surface area (Å²) < 4.78 is 27.3. The summed E-state index contributed by atoms with van der Waals surface area (Å²) in [6.07, 6.45) is -0.318. The van der Waals surface area contributed by atoms with Gasteiger partial charge in [0.05, 0.1) is 13.2 Å². The number of hydrogen-bond acceptors (Lipinski definition) is 6. The van der Waals surface area contributed by atoms with E-state index in [0.717, 1.165) is 0 Å². The van der Waals surface area contributed by atoms with Gasteiger partial charge in [-0.05, 0) is 38.1 Å². The van der Waals surface area contributed by atoms with Gasteiger partial charge >= 0.3 is 13.6 Å². The number of carbonyl (C=O) groups excluding carboxylic acids is 2. The molecule has 0 fully saturated rings. The maximum absolute atomic E-state index is 12.3. The summed E-state index contributed by atoms with van der Waals surface area (Å²) >= 11 is 0. The Hall–Kier alpha value is -1.49. The lowest BCUT2D eigenvalue weighted by Crippen LogP contribution is -2.10. The molecular weight excluding hydrogens is 295 g/mol. The highest BCUT2D eigenvalue weighted by molar-refractivity contribution is 7.54. The third-order valence-electron chi connectivity index (χ3n) is 2.43. The van der Waals surface area contributed by atoms with Crippen molar-refractivity contribution in [3.05, 3.63) is 29.8 Å². The van der Waals surface area contributed by atoms with Gasteiger partial charge in [0, 0.05) is 12.5 Å². The summed E-state index contributed by atoms with van der Waals surface area (Å²) in [7, 11) is -3.41. The Kier molecular flexibility index (Phi) is 6.75. The molecule has 0 heterocycles. The van der Waals surface area contributed by atoms with Crippen LogP contribution >= 0.6 is 7.60 Å². The third-order valence-corrected chi connectivity index (χ3v) is 4.40. The second-order valence-electron chi connectivity index (χ2n) is 4.15. The number of Topliss-reactive ketones (excluding diaryl/α,β-unsaturated/α-hetero) is 1. The Labute approximate surface area is 123 Å². The molecule has 0 radical (unpaired) electrons. The van der Waals surface area contributed by atoms with E-state index in [9.17, 15) is 14.2 Å². The standard InChI is InChI=1S/C14H19O6P/c1-4-18-21(17,19-5-2)10-14(16)12-6-8-13(9-7-12)20-11(3)15/h6-9H,4-5,10H2,1-3H3. The number of ether oxygens (including phenoxy) is 1. The number of benzene rings is 1. The van der Waals surface area contributed by atoms with Gasteiger partial charge in [-0.2, -0.15) is 0 Å². The predicted octanol–water partition coefficient (Wildman–Crippen LogP) is 3.06. The van der Waals surface area contributed by atoms with Crippen molar-refractivity contribution in [3.8, 4) is 5.75 Å². The summed E-state index contributed by atoms with van der Waals surface area (Å²) in [6, 6.07) is 6.01. The van der Waals surface area contributed by atoms with Crippen LogP contribution in [0.25, 0.3) is 0 Å². The first kappa shape index (κ1) is 17.6. The first-order chi connectivity index (χ1) is 9.90. The Bertz CT molecular complexity index is 527. The highest BCUT2D eigenvalue weighted by atomic mass is 31.2. The summed E-state index contributed by atoms with van der Waals surface area (Å²) in [5, 5.41) is 0. The molecule has 0 aliphatic carbocycles. The van der Waals surface area contributed by atoms with Crippen LogP contribution in [0.1, 0.15) is 31.1 Å². The van der Waals surface area contributed by atoms with Crippen molar-refractivity contribution >= 4 is 19.3 Å². The summed E-state index contributed by atoms with van der Waals surface area (Å²) in [6.45, 7) is 5.07. The predicted molar refractivity (Wildman–Crippen MR) is 77.8 cm³/mol. The lowest BCUT2D eigenvalue weighted by atomic mass is 10.1. The number of hydrogen-bond donors (Lipinski definition) is 0. The summed E-state index contributed by atoms with van der Waals surface area (Å²) in [4.78, 5) is 22.9. The van der Waals surface area contributed by atoms with Crippen molar-refractivity contribution < 1.29 is 27.9 Å². The second kappa shape index (κ2) is 8.08. The Morgan fingerprint density at radius 1 is 1.05 bits per heavy atom. The fourth-order valence-corrected chi connectivity index (χ4v) is 3.24. The highest BCUT2D eigenvalue weighted by Gasteiger charge is 2.28. The molecule has 1 rings (SSSR count). The molecule has 7 heteroatoms. The lowest BCUT2D eigenvalue weighted by Gasteiger charge is -2.16. The molecule has 21 heavy (non-hydrogen) atoms. The zero-order valence-electron chi connectivity index (χ0n) is 12.3. The third kappa shape index (κ3) is 5.79. The maximum atomic E-state index is 12.3. The Balaban J connectivity index is 2.78. The monoisotopic (exact) mass is 314 g/mol. The Morgan fingerprint density at radius 2 is 1.57 bits per heavy atom. The largest absolute Gasteiger partial charge is 0.427 e. The average molecular weight is 314 g/mol. The van der Waals surface area contributed by atoms with E-state index in [2.05, 4.69) is 0 Å². The highest BCUT2D eigenvalue weighted by Crippen LogP contribution is 2.48. The minimum absolute atomic E-state index is 0.204. The molecule has 0 bridgehead atoms. The van der Waals surface area contributed by atoms with Crippen LogP contribution in [0.5, 0.6) is 5.75 Å². The first-order valence-corrected chi connectivity index (χ1v) is 8.32. The van der Waals surface area contributed by atoms with Crippen molar-refractivity contribution in [2.24, 2.45) is 0 Å². The molecule has 0 atom stereocenters. The van der Waals surface area contributed by atoms with Crippen LogP contribution in [0.15, 0.2) is 24.3 Å². The van der Waals surface area contributed by atoms with Crippen LogP contribution in [-0.2, 0) is 18.4 Å². The van der Waals surface area contributed by atoms with E-state index < -0.39 is 13.6 Å². The minimum atomic E-state index is -3.41. The molecule has 0 aromatic heterocycles. The minimum Gasteiger partial charge on any atom is -0.427 e. The fraction of sp³-hybridized carbons (Fsp3) is 0.429. The van der Waals surface area contributed by atoms with Crippen LogP contribution < -0.4 is 4.74 Å². The molecule has 0 unspecified atom stereocenters. The quantitative estimate of drug-likeness (QED) is 0.317. The summed E-state index contributed by atoms with van der Waals surface area (Å²) in [5.41, 5.74) is 0.352. The topological polar surface area (TPSA) is 78.9 Å². The van der Waals surface area contributed by atoms with Crippen LogP contribution in [-0.4, -0.2) is 31.1 Å². The molecule has 6 nitrogen and oxygen atoms in total. The van der Waals surface area contributed by atoms with Gasteiger partial charge in [-0.25, -0.2) is 0 Å². The SMILES string of the molecule is CCOP(=O)(CC(=O)c1ccc(OC(C)=O)cc1)OCC. The van der Waals surface area contributed by atoms with Crippen molar-refractivity contribution in [2.45, 2.75) is 20.8 Å². The first-order valence-electron chi connectivity index (χ1n) is 6.60. The van der Waals surface area contributed by atoms with Crippen LogP contribution in [0.4, 0.5) is 0 Å². The number of rotatable bonds is 8. The van der Waals surface area contributed by atoms with Gasteiger partial charge in [-0.15, -0.1) is 0 Å². The molecular formula is C14H19O6P. The van der Waals surface area contributed by atoms with E-state index in [0.29, 0.717) is 11.3 Å². The van der Waals surface area contributed by atoms with Crippen LogP contribution in [0, 0.1) is 0 Å². The van der Waals surface area contributed by atoms with Crippen molar-refractivity contribution in [3.63, 3.8) is 0 Å². The number of carbonyl (C=O) groups is 2. The molecule has 0 saturated carbocycles. The normalized spacial score (nSPS) is 11.2. The van der Waals surface area contributed by atoms with Crippen molar-refractivity contribution in [1.29, 1.82) is 0 Å². The number of esters is 1. The van der Waals surface area contributed by atoms with Crippen LogP contribution in [0.2, 0.25) is 0 Å². The van der Waals surface area contributed by atoms with Gasteiger partial charge in [0.15, 0.2) is 5.78 Å². The molecule has 0 aliphatic heterocycles. The van der Waals surface area contributed by atoms with Crippen molar-refractivity contribution in [2.75, 3.05) is 19.4 Å². The van der Waals surface area contributed by atoms with E-state index in [1.54, 1.807) is 13.8 Å². The van der Waals surface area contributed by atoms with E-state index >= 15 is 0 Å². The lowest BCUT2D eigenvalue weighted by molar-refractivity contribution is -0.131. The smallest absolute Gasteiger partial charge is 0.338 e. The zero-order valence-corrected chi connectivity index (χ0v) is 13.2. The van der Waals surface area contributed by atoms with Gasteiger partial charge in [0.2, 0.25) is 0 Å². The van der Waals surface area contributed by atoms with Gasteiger partial charge in [0.1, 0.15) is 11.9 Å². The molecule has 0 saturated heterocycles. The fourth-order valence-electron chi connectivity index (χ4n) is 1.66. The molecule has 0 N–H and O–H groups in total. The van der Waals surface area contributed by atoms with Gasteiger partial charge < -0.3 is 13.8 Å². The molecule has 0 aliphatic rings. The molecule has 1 aromatic rings. The second-order valence-corrected chi connectivity index (χ2v) is 6.20. The molecule has 1 aromatic carbocycles. The van der Waals surface area contributed by atoms with E-state index in [1.165, 1.54) is 31.2 Å². The van der Waals surface area contributed by atoms with E-state index in [-0.39, 0.29) is 25.2 Å². The molecule has 0 spiro atoms. The van der Waals surface area contributed by atoms with Crippen LogP contribution in [0.3, 0.4) is 0 Å². The maximum Gasteiger partial charge on any atom is 0.338 e. The number of ketones is 1. The Morgan fingerprint density at radius 3 is 2.00 bits per heavy atom. The van der Waals surface area contributed by atoms with Crippen molar-refractivity contribution in [1.82, 2.24) is 0 Å². The summed E-state index contributed by atoms with van der Waals surface area (Å²) in [5.74, 6) is -0.447.